The van der Waals surface area contributed by atoms with E-state index in [1.807, 2.05) is 0 Å². The van der Waals surface area contributed by atoms with E-state index < -0.39 is 0 Å². The fourth-order valence-corrected chi connectivity index (χ4v) is 3.34. The monoisotopic (exact) mass is 247 g/mol. The molecule has 2 aliphatic rings. The van der Waals surface area contributed by atoms with E-state index in [4.69, 9.17) is 10.5 Å². The Morgan fingerprint density at radius 3 is 2.83 bits per heavy atom. The number of fused-ring (bicyclic) bond motifs is 1. The van der Waals surface area contributed by atoms with Gasteiger partial charge in [0.05, 0.1) is 13.3 Å². The minimum atomic E-state index is 0.115. The molecule has 1 saturated heterocycles. The number of nitrogens with two attached hydrogens (primary N) is 1. The summed E-state index contributed by atoms with van der Waals surface area (Å²) in [5, 5.41) is 0. The summed E-state index contributed by atoms with van der Waals surface area (Å²) in [6.07, 6.45) is 5.17. The van der Waals surface area contributed by atoms with Crippen molar-refractivity contribution in [3.63, 3.8) is 0 Å². The number of methoxy groups -OCH3 is 1. The number of ether oxygens (including phenoxy) is 1. The van der Waals surface area contributed by atoms with Crippen molar-refractivity contribution in [1.82, 2.24) is 9.88 Å². The van der Waals surface area contributed by atoms with Gasteiger partial charge in [-0.3, -0.25) is 4.98 Å². The first-order chi connectivity index (χ1) is 8.64. The van der Waals surface area contributed by atoms with Gasteiger partial charge in [0.25, 0.3) is 0 Å². The van der Waals surface area contributed by atoms with Gasteiger partial charge in [0.2, 0.25) is 0 Å². The molecule has 0 aromatic carbocycles. The number of hydrogen-bond acceptors (Lipinski definition) is 4. The number of pyridine rings is 1. The Morgan fingerprint density at radius 1 is 1.44 bits per heavy atom. The van der Waals surface area contributed by atoms with E-state index in [0.29, 0.717) is 0 Å². The van der Waals surface area contributed by atoms with E-state index >= 15 is 0 Å². The standard InChI is InChI=1S/C14H21N3O/c1-17-5-3-14(4-6-17)8-12-11(13(14)15)7-10(18-2)9-16-12/h7,9,13H,3-6,8,15H2,1-2H3/t13-/m0/s1. The molecule has 0 amide bonds. The molecule has 1 atom stereocenters. The number of piperidine rings is 1. The molecule has 2 heterocycles. The number of aromatic nitrogens is 1. The number of nitrogens with zero attached hydrogens (tertiary/aromatic N) is 2. The van der Waals surface area contributed by atoms with E-state index in [1.54, 1.807) is 13.3 Å². The van der Waals surface area contributed by atoms with Crippen LogP contribution in [-0.2, 0) is 6.42 Å². The fraction of sp³-hybridized carbons (Fsp3) is 0.643. The van der Waals surface area contributed by atoms with Crippen molar-refractivity contribution in [1.29, 1.82) is 0 Å². The van der Waals surface area contributed by atoms with Crippen LogP contribution >= 0.6 is 0 Å². The zero-order valence-corrected chi connectivity index (χ0v) is 11.1. The maximum atomic E-state index is 6.51. The van der Waals surface area contributed by atoms with Gasteiger partial charge in [-0.05, 0) is 56.4 Å². The minimum Gasteiger partial charge on any atom is -0.495 e. The van der Waals surface area contributed by atoms with Crippen molar-refractivity contribution >= 4 is 0 Å². The highest BCUT2D eigenvalue weighted by Crippen LogP contribution is 2.50. The van der Waals surface area contributed by atoms with Crippen molar-refractivity contribution in [3.05, 3.63) is 23.5 Å². The average Bonchev–Trinajstić information content (AvgIpc) is 2.66. The van der Waals surface area contributed by atoms with Gasteiger partial charge < -0.3 is 15.4 Å². The van der Waals surface area contributed by atoms with Gasteiger partial charge in [-0.2, -0.15) is 0 Å². The molecule has 4 heteroatoms. The minimum absolute atomic E-state index is 0.115. The molecule has 2 N–H and O–H groups in total. The molecule has 18 heavy (non-hydrogen) atoms. The van der Waals surface area contributed by atoms with Gasteiger partial charge in [-0.25, -0.2) is 0 Å². The SMILES string of the molecule is COc1cnc2c(c1)[C@H](N)C1(CCN(C)CC1)C2. The van der Waals surface area contributed by atoms with E-state index in [1.165, 1.54) is 24.1 Å². The third-order valence-corrected chi connectivity index (χ3v) is 4.71. The van der Waals surface area contributed by atoms with Crippen LogP contribution in [0.1, 0.15) is 30.1 Å². The van der Waals surface area contributed by atoms with Crippen molar-refractivity contribution < 1.29 is 4.74 Å². The van der Waals surface area contributed by atoms with Gasteiger partial charge in [-0.15, -0.1) is 0 Å². The Balaban J connectivity index is 1.91. The van der Waals surface area contributed by atoms with Crippen molar-refractivity contribution in [2.24, 2.45) is 11.1 Å². The van der Waals surface area contributed by atoms with Gasteiger partial charge >= 0.3 is 0 Å². The van der Waals surface area contributed by atoms with Crippen LogP contribution in [0, 0.1) is 5.41 Å². The smallest absolute Gasteiger partial charge is 0.137 e. The lowest BCUT2D eigenvalue weighted by Gasteiger charge is -2.40. The zero-order chi connectivity index (χ0) is 12.8. The Morgan fingerprint density at radius 2 is 2.17 bits per heavy atom. The summed E-state index contributed by atoms with van der Waals surface area (Å²) in [5.74, 6) is 0.814. The number of rotatable bonds is 1. The average molecular weight is 247 g/mol. The molecule has 0 bridgehead atoms. The Labute approximate surface area is 108 Å². The highest BCUT2D eigenvalue weighted by molar-refractivity contribution is 5.38. The first-order valence-electron chi connectivity index (χ1n) is 6.61. The fourth-order valence-electron chi connectivity index (χ4n) is 3.34. The van der Waals surface area contributed by atoms with Crippen LogP contribution in [0.4, 0.5) is 0 Å². The highest BCUT2D eigenvalue weighted by atomic mass is 16.5. The molecule has 0 unspecified atom stereocenters. The lowest BCUT2D eigenvalue weighted by Crippen LogP contribution is -2.42. The van der Waals surface area contributed by atoms with Crippen LogP contribution in [0.2, 0.25) is 0 Å². The molecule has 0 radical (unpaired) electrons. The van der Waals surface area contributed by atoms with Gasteiger partial charge in [-0.1, -0.05) is 0 Å². The summed E-state index contributed by atoms with van der Waals surface area (Å²) < 4.78 is 5.25. The maximum Gasteiger partial charge on any atom is 0.137 e. The molecule has 1 fully saturated rings. The molecular weight excluding hydrogens is 226 g/mol. The van der Waals surface area contributed by atoms with E-state index in [-0.39, 0.29) is 11.5 Å². The first kappa shape index (κ1) is 11.9. The summed E-state index contributed by atoms with van der Waals surface area (Å²) in [6.45, 7) is 2.28. The molecule has 0 saturated carbocycles. The summed E-state index contributed by atoms with van der Waals surface area (Å²) >= 11 is 0. The molecule has 98 valence electrons. The Bertz CT molecular complexity index is 452. The molecule has 1 aliphatic heterocycles. The van der Waals surface area contributed by atoms with Crippen molar-refractivity contribution in [3.8, 4) is 5.75 Å². The molecule has 1 aliphatic carbocycles. The van der Waals surface area contributed by atoms with E-state index in [2.05, 4.69) is 23.0 Å². The van der Waals surface area contributed by atoms with E-state index in [9.17, 15) is 0 Å². The summed E-state index contributed by atoms with van der Waals surface area (Å²) in [7, 11) is 3.86. The molecule has 3 rings (SSSR count). The third kappa shape index (κ3) is 1.71. The molecule has 1 spiro atoms. The predicted octanol–water partition coefficient (Wildman–Crippen LogP) is 1.36. The second-order valence-electron chi connectivity index (χ2n) is 5.73. The van der Waals surface area contributed by atoms with Crippen LogP contribution in [-0.4, -0.2) is 37.1 Å². The molecule has 1 aromatic rings. The highest BCUT2D eigenvalue weighted by Gasteiger charge is 2.46. The van der Waals surface area contributed by atoms with Crippen LogP contribution in [0.15, 0.2) is 12.3 Å². The van der Waals surface area contributed by atoms with Gasteiger partial charge in [0.1, 0.15) is 5.75 Å². The quantitative estimate of drug-likeness (QED) is 0.814. The lowest BCUT2D eigenvalue weighted by molar-refractivity contribution is 0.105. The third-order valence-electron chi connectivity index (χ3n) is 4.71. The van der Waals surface area contributed by atoms with Crippen molar-refractivity contribution in [2.75, 3.05) is 27.2 Å². The van der Waals surface area contributed by atoms with Crippen LogP contribution < -0.4 is 10.5 Å². The Hall–Kier alpha value is -1.13. The molecule has 4 nitrogen and oxygen atoms in total. The van der Waals surface area contributed by atoms with Crippen LogP contribution in [0.25, 0.3) is 0 Å². The van der Waals surface area contributed by atoms with Crippen LogP contribution in [0.5, 0.6) is 5.75 Å². The Kier molecular flexibility index (Phi) is 2.79. The first-order valence-corrected chi connectivity index (χ1v) is 6.61. The predicted molar refractivity (Wildman–Crippen MR) is 70.6 cm³/mol. The summed E-state index contributed by atoms with van der Waals surface area (Å²) in [4.78, 5) is 6.91. The second-order valence-corrected chi connectivity index (χ2v) is 5.73. The van der Waals surface area contributed by atoms with Crippen LogP contribution in [0.3, 0.4) is 0 Å². The summed E-state index contributed by atoms with van der Waals surface area (Å²) in [5.41, 5.74) is 9.11. The van der Waals surface area contributed by atoms with Gasteiger partial charge in [0.15, 0.2) is 0 Å². The number of likely N-dealkylation sites (tertiary alicyclic amines) is 1. The summed E-state index contributed by atoms with van der Waals surface area (Å²) in [6, 6.07) is 2.18. The van der Waals surface area contributed by atoms with E-state index in [0.717, 1.165) is 25.3 Å². The molecule has 1 aromatic heterocycles. The second kappa shape index (κ2) is 4.21. The zero-order valence-electron chi connectivity index (χ0n) is 11.1. The number of hydrogen-bond donors (Lipinski definition) is 1. The largest absolute Gasteiger partial charge is 0.495 e. The normalized spacial score (nSPS) is 26.3. The van der Waals surface area contributed by atoms with Gasteiger partial charge in [0, 0.05) is 11.7 Å². The molecular formula is C14H21N3O. The van der Waals surface area contributed by atoms with Crippen molar-refractivity contribution in [2.45, 2.75) is 25.3 Å². The maximum absolute atomic E-state index is 6.51. The topological polar surface area (TPSA) is 51.4 Å². The lowest BCUT2D eigenvalue weighted by atomic mass is 9.73.